The van der Waals surface area contributed by atoms with E-state index in [1.807, 2.05) is 27.7 Å². The molecule has 1 aromatic heterocycles. The first kappa shape index (κ1) is 36.4. The van der Waals surface area contributed by atoms with Crippen LogP contribution in [0.4, 0.5) is 0 Å². The highest BCUT2D eigenvalue weighted by molar-refractivity contribution is 6.38. The first-order chi connectivity index (χ1) is 23.4. The Hall–Kier alpha value is -3.90. The van der Waals surface area contributed by atoms with E-state index in [1.165, 1.54) is 18.6 Å². The van der Waals surface area contributed by atoms with Gasteiger partial charge in [-0.15, -0.1) is 0 Å². The quantitative estimate of drug-likeness (QED) is 0.228. The van der Waals surface area contributed by atoms with Crippen molar-refractivity contribution in [3.05, 3.63) is 24.3 Å². The average Bonchev–Trinajstić information content (AvgIpc) is 3.65. The molecule has 4 N–H and O–H groups in total. The minimum Gasteiger partial charge on any atom is -0.347 e. The number of likely N-dealkylation sites (tertiary alicyclic amines) is 1. The zero-order valence-corrected chi connectivity index (χ0v) is 29.3. The van der Waals surface area contributed by atoms with Crippen LogP contribution in [0.5, 0.6) is 0 Å². The lowest BCUT2D eigenvalue weighted by molar-refractivity contribution is -0.146. The van der Waals surface area contributed by atoms with Gasteiger partial charge in [0.05, 0.1) is 12.2 Å². The molecule has 1 unspecified atom stereocenters. The molecule has 4 fully saturated rings. The van der Waals surface area contributed by atoms with E-state index in [0.29, 0.717) is 19.4 Å². The number of Topliss-reactive ketones (excluding diaryl/α,β-unsaturated/α-hetero) is 1. The number of carbonyl (C=O) groups excluding carboxylic acids is 6. The third kappa shape index (κ3) is 8.83. The van der Waals surface area contributed by atoms with Crippen LogP contribution >= 0.6 is 0 Å². The molecule has 5 amide bonds. The predicted molar refractivity (Wildman–Crippen MR) is 189 cm³/mol. The maximum atomic E-state index is 14.6. The van der Waals surface area contributed by atoms with E-state index in [4.69, 9.17) is 0 Å². The Morgan fingerprint density at radius 2 is 1.65 bits per heavy atom. The van der Waals surface area contributed by atoms with E-state index in [2.05, 4.69) is 31.2 Å². The molecule has 0 aromatic carbocycles. The number of hydrogen-bond donors (Lipinski definition) is 4. The fourth-order valence-electron chi connectivity index (χ4n) is 7.87. The van der Waals surface area contributed by atoms with E-state index >= 15 is 0 Å². The molecular formula is C36H61N7O6. The molecule has 4 aliphatic rings. The van der Waals surface area contributed by atoms with E-state index < -0.39 is 59.0 Å². The molecule has 0 radical (unpaired) electrons. The SMILES string of the molecule is CCC[C@H](NC(=O)C1[C@H]2CCC[C@H]2CN1C(=O)[C@@H](NC(=O)[C@@H](NC(=O)c1cnccn1)C1CCCCC1)C(C)(C)C)C(=O)C(=O)NC1CC1.[HH].[HH].[HH].[HH]. The lowest BCUT2D eigenvalue weighted by Gasteiger charge is -2.38. The molecule has 1 aliphatic heterocycles. The zero-order chi connectivity index (χ0) is 35.3. The summed E-state index contributed by atoms with van der Waals surface area (Å²) in [5.74, 6) is -3.20. The van der Waals surface area contributed by atoms with Gasteiger partial charge in [0.15, 0.2) is 0 Å². The van der Waals surface area contributed by atoms with Gasteiger partial charge in [0.2, 0.25) is 23.5 Å². The Balaban J connectivity index is 0.00000351. The van der Waals surface area contributed by atoms with Gasteiger partial charge >= 0.3 is 0 Å². The van der Waals surface area contributed by atoms with Crippen molar-refractivity contribution in [1.82, 2.24) is 36.1 Å². The van der Waals surface area contributed by atoms with Gasteiger partial charge in [-0.05, 0) is 68.1 Å². The summed E-state index contributed by atoms with van der Waals surface area (Å²) in [6.45, 7) is 7.85. The van der Waals surface area contributed by atoms with Crippen LogP contribution in [0, 0.1) is 23.2 Å². The Morgan fingerprint density at radius 3 is 2.29 bits per heavy atom. The number of ketones is 1. The fraction of sp³-hybridized carbons (Fsp3) is 0.722. The Morgan fingerprint density at radius 1 is 0.918 bits per heavy atom. The lowest BCUT2D eigenvalue weighted by Crippen LogP contribution is -2.62. The van der Waals surface area contributed by atoms with Gasteiger partial charge in [-0.2, -0.15) is 0 Å². The first-order valence-corrected chi connectivity index (χ1v) is 18.2. The second-order valence-corrected chi connectivity index (χ2v) is 15.5. The number of fused-ring (bicyclic) bond motifs is 1. The summed E-state index contributed by atoms with van der Waals surface area (Å²) in [6, 6.07) is -3.68. The van der Waals surface area contributed by atoms with Gasteiger partial charge in [0.25, 0.3) is 11.8 Å². The van der Waals surface area contributed by atoms with Crippen LogP contribution in [-0.2, 0) is 24.0 Å². The maximum absolute atomic E-state index is 14.6. The number of nitrogens with zero attached hydrogens (tertiary/aromatic N) is 3. The van der Waals surface area contributed by atoms with Gasteiger partial charge in [0.1, 0.15) is 23.8 Å². The standard InChI is InChI=1S/C36H53N7O6.4H2/c1-5-10-25(29(44)34(48)39-23-15-16-23)40-33(47)28-24-14-9-13-22(24)20-43(28)35(49)30(36(2,3)4)42-32(46)27(21-11-7-6-8-12-21)41-31(45)26-19-37-17-18-38-26;;;;/h17-19,21-25,27-28,30H,5-16,20H2,1-4H3,(H,39,48)(H,40,47)(H,41,45)(H,42,46);4*1H/t22-,24-,25-,27-,28?,30+;;;;/m0..../s1. The van der Waals surface area contributed by atoms with Crippen LogP contribution in [0.2, 0.25) is 0 Å². The molecule has 5 rings (SSSR count). The number of carbonyl (C=O) groups is 6. The number of aromatic nitrogens is 2. The second-order valence-electron chi connectivity index (χ2n) is 15.5. The molecule has 13 heteroatoms. The zero-order valence-electron chi connectivity index (χ0n) is 29.3. The minimum absolute atomic E-state index is 0. The van der Waals surface area contributed by atoms with Crippen LogP contribution in [0.15, 0.2) is 18.6 Å². The summed E-state index contributed by atoms with van der Waals surface area (Å²) in [5.41, 5.74) is -0.638. The van der Waals surface area contributed by atoms with E-state index in [0.717, 1.165) is 64.2 Å². The molecule has 2 heterocycles. The average molecular weight is 688 g/mol. The lowest BCUT2D eigenvalue weighted by atomic mass is 9.82. The smallest absolute Gasteiger partial charge is 0.289 e. The molecule has 276 valence electrons. The third-order valence-corrected chi connectivity index (χ3v) is 10.7. The van der Waals surface area contributed by atoms with Gasteiger partial charge in [0, 0.05) is 30.7 Å². The number of rotatable bonds is 13. The highest BCUT2D eigenvalue weighted by Crippen LogP contribution is 2.43. The van der Waals surface area contributed by atoms with Gasteiger partial charge < -0.3 is 26.2 Å². The van der Waals surface area contributed by atoms with Crippen molar-refractivity contribution in [3.63, 3.8) is 0 Å². The molecule has 3 aliphatic carbocycles. The third-order valence-electron chi connectivity index (χ3n) is 10.7. The van der Waals surface area contributed by atoms with Crippen molar-refractivity contribution in [3.8, 4) is 0 Å². The van der Waals surface area contributed by atoms with E-state index in [1.54, 1.807) is 4.90 Å². The Labute approximate surface area is 294 Å². The summed E-state index contributed by atoms with van der Waals surface area (Å²) < 4.78 is 0. The van der Waals surface area contributed by atoms with E-state index in [-0.39, 0.29) is 41.1 Å². The van der Waals surface area contributed by atoms with Crippen molar-refractivity contribution in [2.24, 2.45) is 23.2 Å². The largest absolute Gasteiger partial charge is 0.347 e. The molecule has 1 saturated heterocycles. The van der Waals surface area contributed by atoms with Crippen molar-refractivity contribution in [2.75, 3.05) is 6.54 Å². The molecule has 6 atom stereocenters. The first-order valence-electron chi connectivity index (χ1n) is 18.2. The maximum Gasteiger partial charge on any atom is 0.289 e. The monoisotopic (exact) mass is 687 g/mol. The van der Waals surface area contributed by atoms with Crippen molar-refractivity contribution in [2.45, 2.75) is 135 Å². The van der Waals surface area contributed by atoms with Crippen LogP contribution in [0.3, 0.4) is 0 Å². The Bertz CT molecular complexity index is 1410. The summed E-state index contributed by atoms with van der Waals surface area (Å²) in [4.78, 5) is 91.4. The summed E-state index contributed by atoms with van der Waals surface area (Å²) in [5, 5.41) is 11.5. The molecule has 13 nitrogen and oxygen atoms in total. The molecule has 0 spiro atoms. The Kier molecular flexibility index (Phi) is 11.7. The van der Waals surface area contributed by atoms with Gasteiger partial charge in [-0.3, -0.25) is 33.8 Å². The normalized spacial score (nSPS) is 24.2. The second kappa shape index (κ2) is 15.8. The topological polar surface area (TPSA) is 180 Å². The molecular weight excluding hydrogens is 626 g/mol. The summed E-state index contributed by atoms with van der Waals surface area (Å²) in [6.07, 6.45) is 13.9. The van der Waals surface area contributed by atoms with Gasteiger partial charge in [-0.25, -0.2) is 4.98 Å². The van der Waals surface area contributed by atoms with Crippen molar-refractivity contribution in [1.29, 1.82) is 0 Å². The highest BCUT2D eigenvalue weighted by atomic mass is 16.2. The molecule has 3 saturated carbocycles. The number of amides is 5. The van der Waals surface area contributed by atoms with Crippen LogP contribution in [-0.4, -0.2) is 86.9 Å². The highest BCUT2D eigenvalue weighted by Gasteiger charge is 2.52. The predicted octanol–water partition coefficient (Wildman–Crippen LogP) is 3.43. The molecule has 0 bridgehead atoms. The van der Waals surface area contributed by atoms with E-state index in [9.17, 15) is 28.8 Å². The van der Waals surface area contributed by atoms with Crippen molar-refractivity contribution >= 4 is 35.3 Å². The number of hydrogen-bond acceptors (Lipinski definition) is 8. The van der Waals surface area contributed by atoms with Crippen LogP contribution in [0.1, 0.15) is 121 Å². The minimum atomic E-state index is -0.994. The van der Waals surface area contributed by atoms with Crippen LogP contribution < -0.4 is 21.3 Å². The summed E-state index contributed by atoms with van der Waals surface area (Å²) in [7, 11) is 0. The van der Waals surface area contributed by atoms with Crippen LogP contribution in [0.25, 0.3) is 0 Å². The molecule has 1 aromatic rings. The summed E-state index contributed by atoms with van der Waals surface area (Å²) >= 11 is 0. The van der Waals surface area contributed by atoms with Crippen molar-refractivity contribution < 1.29 is 34.5 Å². The number of nitrogens with one attached hydrogen (secondary N) is 4. The van der Waals surface area contributed by atoms with Gasteiger partial charge in [-0.1, -0.05) is 59.8 Å². The fourth-order valence-corrected chi connectivity index (χ4v) is 7.87. The molecule has 49 heavy (non-hydrogen) atoms.